The van der Waals surface area contributed by atoms with E-state index in [9.17, 15) is 25.5 Å². The van der Waals surface area contributed by atoms with Gasteiger partial charge in [-0.3, -0.25) is 0 Å². The lowest BCUT2D eigenvalue weighted by molar-refractivity contribution is -0.265. The van der Waals surface area contributed by atoms with E-state index in [1.807, 2.05) is 30.3 Å². The normalized spacial score (nSPS) is 37.0. The zero-order chi connectivity index (χ0) is 15.5. The molecule has 6 nitrogen and oxygen atoms in total. The molecule has 0 aromatic heterocycles. The second-order valence-electron chi connectivity index (χ2n) is 5.12. The highest BCUT2D eigenvalue weighted by Gasteiger charge is 2.51. The van der Waals surface area contributed by atoms with Crippen molar-refractivity contribution < 1.29 is 30.3 Å². The molecule has 116 valence electrons. The van der Waals surface area contributed by atoms with Gasteiger partial charge in [-0.1, -0.05) is 36.4 Å². The van der Waals surface area contributed by atoms with E-state index in [1.54, 1.807) is 6.08 Å². The van der Waals surface area contributed by atoms with Gasteiger partial charge in [0.2, 0.25) is 0 Å². The summed E-state index contributed by atoms with van der Waals surface area (Å²) in [5.41, 5.74) is -0.760. The molecule has 5 N–H and O–H groups in total. The van der Waals surface area contributed by atoms with Crippen LogP contribution in [-0.2, 0) is 4.74 Å². The van der Waals surface area contributed by atoms with Crippen LogP contribution >= 0.6 is 0 Å². The van der Waals surface area contributed by atoms with E-state index in [0.29, 0.717) is 0 Å². The van der Waals surface area contributed by atoms with Crippen molar-refractivity contribution in [2.75, 3.05) is 13.2 Å². The molecule has 0 aliphatic carbocycles. The standard InChI is InChI=1S/C15H20O6/c16-8-11-12(18)13(19)14(20)15(9-17,21-11)7-6-10-4-2-1-3-5-10/h1-7,11-14,16-20H,8-9H2/b7-6+/t11-,12+,13+,14-,15+/m1/s1. The van der Waals surface area contributed by atoms with Crippen molar-refractivity contribution in [1.29, 1.82) is 0 Å². The van der Waals surface area contributed by atoms with Gasteiger partial charge >= 0.3 is 0 Å². The number of aliphatic hydroxyl groups is 5. The summed E-state index contributed by atoms with van der Waals surface area (Å²) in [6, 6.07) is 9.17. The summed E-state index contributed by atoms with van der Waals surface area (Å²) in [5, 5.41) is 48.5. The van der Waals surface area contributed by atoms with Crippen LogP contribution in [0.25, 0.3) is 6.08 Å². The number of rotatable bonds is 4. The summed E-state index contributed by atoms with van der Waals surface area (Å²) in [7, 11) is 0. The van der Waals surface area contributed by atoms with Crippen molar-refractivity contribution in [2.45, 2.75) is 30.0 Å². The summed E-state index contributed by atoms with van der Waals surface area (Å²) in [5.74, 6) is 0. The van der Waals surface area contributed by atoms with Crippen LogP contribution in [-0.4, -0.2) is 68.8 Å². The molecule has 5 atom stereocenters. The lowest BCUT2D eigenvalue weighted by Crippen LogP contribution is -2.65. The van der Waals surface area contributed by atoms with Crippen LogP contribution < -0.4 is 0 Å². The fraction of sp³-hybridized carbons (Fsp3) is 0.467. The number of aliphatic hydroxyl groups excluding tert-OH is 5. The topological polar surface area (TPSA) is 110 Å². The second kappa shape index (κ2) is 6.65. The Morgan fingerprint density at radius 3 is 2.29 bits per heavy atom. The third-order valence-corrected chi connectivity index (χ3v) is 3.71. The SMILES string of the molecule is OC[C@H]1O[C@@](/C=C/c2ccccc2)(CO)[C@H](O)[C@@H](O)[C@H]1O. The predicted molar refractivity (Wildman–Crippen MR) is 75.3 cm³/mol. The molecule has 0 bridgehead atoms. The summed E-state index contributed by atoms with van der Waals surface area (Å²) < 4.78 is 5.44. The number of hydrogen-bond donors (Lipinski definition) is 5. The first-order valence-electron chi connectivity index (χ1n) is 6.72. The molecule has 21 heavy (non-hydrogen) atoms. The Labute approximate surface area is 122 Å². The molecule has 0 unspecified atom stereocenters. The highest BCUT2D eigenvalue weighted by atomic mass is 16.6. The maximum absolute atomic E-state index is 10.1. The Morgan fingerprint density at radius 2 is 1.71 bits per heavy atom. The fourth-order valence-corrected chi connectivity index (χ4v) is 2.39. The van der Waals surface area contributed by atoms with E-state index >= 15 is 0 Å². The first kappa shape index (κ1) is 16.1. The smallest absolute Gasteiger partial charge is 0.138 e. The summed E-state index contributed by atoms with van der Waals surface area (Å²) >= 11 is 0. The average Bonchev–Trinajstić information content (AvgIpc) is 2.53. The molecule has 1 aliphatic rings. The van der Waals surface area contributed by atoms with Crippen LogP contribution in [0.5, 0.6) is 0 Å². The molecule has 1 fully saturated rings. The zero-order valence-electron chi connectivity index (χ0n) is 11.4. The van der Waals surface area contributed by atoms with Gasteiger partial charge in [-0.05, 0) is 11.6 Å². The number of ether oxygens (including phenoxy) is 1. The largest absolute Gasteiger partial charge is 0.394 e. The Bertz CT molecular complexity index is 474. The minimum absolute atomic E-state index is 0.536. The Balaban J connectivity index is 2.28. The van der Waals surface area contributed by atoms with Crippen LogP contribution in [0.3, 0.4) is 0 Å². The third-order valence-electron chi connectivity index (χ3n) is 3.71. The molecule has 0 saturated carbocycles. The maximum Gasteiger partial charge on any atom is 0.138 e. The van der Waals surface area contributed by atoms with Gasteiger partial charge in [-0.2, -0.15) is 0 Å². The minimum Gasteiger partial charge on any atom is -0.394 e. The van der Waals surface area contributed by atoms with E-state index < -0.39 is 43.2 Å². The van der Waals surface area contributed by atoms with Gasteiger partial charge in [0.25, 0.3) is 0 Å². The number of benzene rings is 1. The Kier molecular flexibility index (Phi) is 5.10. The summed E-state index contributed by atoms with van der Waals surface area (Å²) in [6.07, 6.45) is -2.47. The molecule has 1 saturated heterocycles. The van der Waals surface area contributed by atoms with Crippen LogP contribution in [0.1, 0.15) is 5.56 Å². The lowest BCUT2D eigenvalue weighted by atomic mass is 9.84. The molecule has 1 aromatic carbocycles. The highest BCUT2D eigenvalue weighted by Crippen LogP contribution is 2.31. The van der Waals surface area contributed by atoms with Crippen molar-refractivity contribution in [1.82, 2.24) is 0 Å². The molecule has 0 amide bonds. The van der Waals surface area contributed by atoms with Crippen LogP contribution in [0, 0.1) is 0 Å². The molecular formula is C15H20O6. The van der Waals surface area contributed by atoms with Crippen molar-refractivity contribution in [2.24, 2.45) is 0 Å². The molecule has 1 heterocycles. The molecule has 0 radical (unpaired) electrons. The van der Waals surface area contributed by atoms with Gasteiger partial charge in [0, 0.05) is 0 Å². The summed E-state index contributed by atoms with van der Waals surface area (Å²) in [4.78, 5) is 0. The Morgan fingerprint density at radius 1 is 1.05 bits per heavy atom. The molecule has 1 aromatic rings. The van der Waals surface area contributed by atoms with E-state index in [0.717, 1.165) is 5.56 Å². The molecule has 1 aliphatic heterocycles. The van der Waals surface area contributed by atoms with Crippen molar-refractivity contribution in [3.8, 4) is 0 Å². The maximum atomic E-state index is 10.1. The van der Waals surface area contributed by atoms with Crippen molar-refractivity contribution in [3.05, 3.63) is 42.0 Å². The third kappa shape index (κ3) is 3.16. The Hall–Kier alpha value is -1.28. The minimum atomic E-state index is -1.58. The molecule has 0 spiro atoms. The van der Waals surface area contributed by atoms with Crippen LogP contribution in [0.4, 0.5) is 0 Å². The second-order valence-corrected chi connectivity index (χ2v) is 5.12. The van der Waals surface area contributed by atoms with E-state index in [1.165, 1.54) is 6.08 Å². The molecular weight excluding hydrogens is 276 g/mol. The monoisotopic (exact) mass is 296 g/mol. The van der Waals surface area contributed by atoms with Gasteiger partial charge in [0.05, 0.1) is 13.2 Å². The lowest BCUT2D eigenvalue weighted by Gasteiger charge is -2.46. The zero-order valence-corrected chi connectivity index (χ0v) is 11.4. The highest BCUT2D eigenvalue weighted by molar-refractivity contribution is 5.50. The number of hydrogen-bond acceptors (Lipinski definition) is 6. The van der Waals surface area contributed by atoms with Crippen LogP contribution in [0.15, 0.2) is 36.4 Å². The van der Waals surface area contributed by atoms with Crippen LogP contribution in [0.2, 0.25) is 0 Å². The van der Waals surface area contributed by atoms with Crippen molar-refractivity contribution >= 4 is 6.08 Å². The summed E-state index contributed by atoms with van der Waals surface area (Å²) in [6.45, 7) is -1.14. The predicted octanol–water partition coefficient (Wildman–Crippen LogP) is -1.10. The first-order valence-corrected chi connectivity index (χ1v) is 6.72. The molecule has 6 heteroatoms. The fourth-order valence-electron chi connectivity index (χ4n) is 2.39. The van der Waals surface area contributed by atoms with Crippen molar-refractivity contribution in [3.63, 3.8) is 0 Å². The quantitative estimate of drug-likeness (QED) is 0.483. The first-order chi connectivity index (χ1) is 10.0. The van der Waals surface area contributed by atoms with Gasteiger partial charge in [0.1, 0.15) is 30.0 Å². The molecule has 2 rings (SSSR count). The average molecular weight is 296 g/mol. The van der Waals surface area contributed by atoms with E-state index in [-0.39, 0.29) is 0 Å². The van der Waals surface area contributed by atoms with E-state index in [2.05, 4.69) is 0 Å². The van der Waals surface area contributed by atoms with Gasteiger partial charge < -0.3 is 30.3 Å². The van der Waals surface area contributed by atoms with Gasteiger partial charge in [0.15, 0.2) is 0 Å². The van der Waals surface area contributed by atoms with Gasteiger partial charge in [-0.25, -0.2) is 0 Å². The van der Waals surface area contributed by atoms with Gasteiger partial charge in [-0.15, -0.1) is 0 Å². The van der Waals surface area contributed by atoms with E-state index in [4.69, 9.17) is 4.74 Å².